The fourth-order valence-electron chi connectivity index (χ4n) is 2.32. The predicted molar refractivity (Wildman–Crippen MR) is 92.5 cm³/mol. The van der Waals surface area contributed by atoms with Crippen molar-refractivity contribution in [2.24, 2.45) is 5.92 Å². The maximum atomic E-state index is 10.3. The van der Waals surface area contributed by atoms with Gasteiger partial charge < -0.3 is 19.0 Å². The summed E-state index contributed by atoms with van der Waals surface area (Å²) in [5, 5.41) is 10.5. The molecule has 1 saturated heterocycles. The zero-order valence-electron chi connectivity index (χ0n) is 15.7. The summed E-state index contributed by atoms with van der Waals surface area (Å²) < 4.78 is 17.4. The molecule has 5 heteroatoms. The summed E-state index contributed by atoms with van der Waals surface area (Å²) in [7, 11) is -1.66. The van der Waals surface area contributed by atoms with E-state index in [9.17, 15) is 5.11 Å². The fraction of sp³-hybridized carbons (Fsp3) is 1.00. The predicted octanol–water partition coefficient (Wildman–Crippen LogP) is 3.94. The van der Waals surface area contributed by atoms with E-state index in [4.69, 9.17) is 13.9 Å². The van der Waals surface area contributed by atoms with Crippen molar-refractivity contribution in [1.29, 1.82) is 0 Å². The topological polar surface area (TPSA) is 47.9 Å². The first kappa shape index (κ1) is 20.1. The Labute approximate surface area is 137 Å². The van der Waals surface area contributed by atoms with Crippen molar-refractivity contribution in [3.63, 3.8) is 0 Å². The second-order valence-corrected chi connectivity index (χ2v) is 13.5. The van der Waals surface area contributed by atoms with Crippen LogP contribution in [0.5, 0.6) is 0 Å². The maximum Gasteiger partial charge on any atom is 0.191 e. The van der Waals surface area contributed by atoms with Gasteiger partial charge in [0.05, 0.1) is 12.7 Å². The molecule has 0 radical (unpaired) electrons. The third-order valence-corrected chi connectivity index (χ3v) is 9.52. The van der Waals surface area contributed by atoms with Gasteiger partial charge in [0.15, 0.2) is 14.1 Å². The van der Waals surface area contributed by atoms with Crippen LogP contribution in [0.3, 0.4) is 0 Å². The Morgan fingerprint density at radius 2 is 1.91 bits per heavy atom. The number of hydrogen-bond donors (Lipinski definition) is 1. The quantitative estimate of drug-likeness (QED) is 0.717. The lowest BCUT2D eigenvalue weighted by atomic mass is 9.98. The molecule has 1 heterocycles. The molecule has 1 aliphatic heterocycles. The van der Waals surface area contributed by atoms with E-state index in [0.29, 0.717) is 12.5 Å². The Morgan fingerprint density at radius 3 is 2.36 bits per heavy atom. The lowest BCUT2D eigenvalue weighted by Crippen LogP contribution is -2.41. The Balaban J connectivity index is 2.31. The number of hydrogen-bond acceptors (Lipinski definition) is 4. The summed E-state index contributed by atoms with van der Waals surface area (Å²) in [4.78, 5) is 0. The summed E-state index contributed by atoms with van der Waals surface area (Å²) in [6, 6.07) is 0. The normalized spacial score (nSPS) is 25.2. The van der Waals surface area contributed by atoms with Crippen molar-refractivity contribution in [1.82, 2.24) is 0 Å². The first-order valence-corrected chi connectivity index (χ1v) is 11.4. The second kappa shape index (κ2) is 7.30. The van der Waals surface area contributed by atoms with Crippen LogP contribution in [0.1, 0.15) is 54.4 Å². The number of ether oxygens (including phenoxy) is 2. The van der Waals surface area contributed by atoms with Crippen molar-refractivity contribution >= 4 is 8.32 Å². The van der Waals surface area contributed by atoms with Crippen LogP contribution >= 0.6 is 0 Å². The number of aliphatic hydroxyl groups is 1. The van der Waals surface area contributed by atoms with Crippen LogP contribution in [-0.2, 0) is 13.9 Å². The van der Waals surface area contributed by atoms with Gasteiger partial charge in [-0.05, 0) is 50.7 Å². The minimum absolute atomic E-state index is 0.209. The van der Waals surface area contributed by atoms with E-state index in [1.54, 1.807) is 0 Å². The summed E-state index contributed by atoms with van der Waals surface area (Å²) in [5.41, 5.74) is 0. The van der Waals surface area contributed by atoms with E-state index >= 15 is 0 Å². The molecular formula is C17H36O4Si. The van der Waals surface area contributed by atoms with Crippen LogP contribution in [0, 0.1) is 5.92 Å². The third kappa shape index (κ3) is 5.93. The van der Waals surface area contributed by atoms with Gasteiger partial charge in [-0.2, -0.15) is 0 Å². The van der Waals surface area contributed by atoms with Gasteiger partial charge in [0, 0.05) is 6.61 Å². The average molecular weight is 333 g/mol. The third-order valence-electron chi connectivity index (χ3n) is 4.98. The summed E-state index contributed by atoms with van der Waals surface area (Å²) >= 11 is 0. The van der Waals surface area contributed by atoms with Crippen LogP contribution in [0.15, 0.2) is 0 Å². The smallest absolute Gasteiger partial charge is 0.191 e. The fourth-order valence-corrected chi connectivity index (χ4v) is 3.38. The lowest BCUT2D eigenvalue weighted by molar-refractivity contribution is -0.152. The number of aliphatic hydroxyl groups excluding tert-OH is 1. The molecular weight excluding hydrogens is 296 g/mol. The molecule has 0 aromatic rings. The van der Waals surface area contributed by atoms with Gasteiger partial charge in [-0.15, -0.1) is 0 Å². The van der Waals surface area contributed by atoms with Gasteiger partial charge in [0.25, 0.3) is 0 Å². The van der Waals surface area contributed by atoms with Crippen molar-refractivity contribution < 1.29 is 19.0 Å². The molecule has 1 rings (SSSR count). The van der Waals surface area contributed by atoms with Gasteiger partial charge in [-0.3, -0.25) is 0 Å². The van der Waals surface area contributed by atoms with Gasteiger partial charge in [-0.1, -0.05) is 27.7 Å². The molecule has 1 fully saturated rings. The Hall–Kier alpha value is 0.0569. The van der Waals surface area contributed by atoms with E-state index in [0.717, 1.165) is 19.4 Å². The molecule has 0 bridgehead atoms. The van der Waals surface area contributed by atoms with Crippen LogP contribution in [-0.4, -0.2) is 44.6 Å². The summed E-state index contributed by atoms with van der Waals surface area (Å²) in [5.74, 6) is -0.160. The summed E-state index contributed by atoms with van der Waals surface area (Å²) in [6.45, 7) is 18.5. The molecule has 1 N–H and O–H groups in total. The molecule has 1 aliphatic rings. The van der Waals surface area contributed by atoms with Gasteiger partial charge >= 0.3 is 0 Å². The molecule has 4 nitrogen and oxygen atoms in total. The standard InChI is InChI=1S/C17H36O4Si/c1-13(9-10-20-22(7,8)16(2,3)4)11-14(18)15-12-19-17(5,6)21-15/h13-15,18H,9-12H2,1-8H3/t13-,14-,15+/m0/s1. The molecule has 0 saturated carbocycles. The van der Waals surface area contributed by atoms with Crippen LogP contribution < -0.4 is 0 Å². The van der Waals surface area contributed by atoms with Crippen LogP contribution in [0.4, 0.5) is 0 Å². The van der Waals surface area contributed by atoms with E-state index in [-0.39, 0.29) is 11.1 Å². The van der Waals surface area contributed by atoms with Crippen LogP contribution in [0.2, 0.25) is 18.1 Å². The van der Waals surface area contributed by atoms with Crippen molar-refractivity contribution in [3.05, 3.63) is 0 Å². The molecule has 0 spiro atoms. The molecule has 0 amide bonds. The molecule has 3 atom stereocenters. The molecule has 0 aliphatic carbocycles. The SMILES string of the molecule is C[C@@H](CCO[Si](C)(C)C(C)(C)C)C[C@H](O)[C@H]1COC(C)(C)O1. The zero-order valence-corrected chi connectivity index (χ0v) is 16.7. The molecule has 0 aromatic carbocycles. The monoisotopic (exact) mass is 332 g/mol. The second-order valence-electron chi connectivity index (χ2n) is 8.67. The van der Waals surface area contributed by atoms with Crippen LogP contribution in [0.25, 0.3) is 0 Å². The molecule has 132 valence electrons. The average Bonchev–Trinajstić information content (AvgIpc) is 2.68. The molecule has 22 heavy (non-hydrogen) atoms. The first-order chi connectivity index (χ1) is 9.84. The lowest BCUT2D eigenvalue weighted by Gasteiger charge is -2.36. The zero-order chi connectivity index (χ0) is 17.2. The summed E-state index contributed by atoms with van der Waals surface area (Å²) in [6.07, 6.45) is 1.02. The highest BCUT2D eigenvalue weighted by atomic mass is 28.4. The Kier molecular flexibility index (Phi) is 6.67. The van der Waals surface area contributed by atoms with Crippen molar-refractivity contribution in [2.45, 2.75) is 90.5 Å². The van der Waals surface area contributed by atoms with E-state index in [1.807, 2.05) is 13.8 Å². The maximum absolute atomic E-state index is 10.3. The number of rotatable bonds is 7. The Morgan fingerprint density at radius 1 is 1.32 bits per heavy atom. The van der Waals surface area contributed by atoms with E-state index in [1.165, 1.54) is 0 Å². The highest BCUT2D eigenvalue weighted by Crippen LogP contribution is 2.36. The molecule has 0 unspecified atom stereocenters. The van der Waals surface area contributed by atoms with Gasteiger partial charge in [-0.25, -0.2) is 0 Å². The molecule has 0 aromatic heterocycles. The van der Waals surface area contributed by atoms with Crippen molar-refractivity contribution in [2.75, 3.05) is 13.2 Å². The minimum Gasteiger partial charge on any atom is -0.417 e. The van der Waals surface area contributed by atoms with E-state index < -0.39 is 20.2 Å². The van der Waals surface area contributed by atoms with Crippen molar-refractivity contribution in [3.8, 4) is 0 Å². The van der Waals surface area contributed by atoms with Gasteiger partial charge in [0.1, 0.15) is 6.10 Å². The van der Waals surface area contributed by atoms with E-state index in [2.05, 4.69) is 40.8 Å². The highest BCUT2D eigenvalue weighted by molar-refractivity contribution is 6.74. The Bertz CT molecular complexity index is 349. The largest absolute Gasteiger partial charge is 0.417 e. The first-order valence-electron chi connectivity index (χ1n) is 8.48. The minimum atomic E-state index is -1.66. The van der Waals surface area contributed by atoms with Gasteiger partial charge in [0.2, 0.25) is 0 Å². The highest BCUT2D eigenvalue weighted by Gasteiger charge is 2.38.